The Morgan fingerprint density at radius 2 is 2.15 bits per heavy atom. The van der Waals surface area contributed by atoms with E-state index in [4.69, 9.17) is 4.52 Å². The number of aryl methyl sites for hydroxylation is 2. The lowest BCUT2D eigenvalue weighted by molar-refractivity contribution is 0.0938. The van der Waals surface area contributed by atoms with Gasteiger partial charge in [-0.25, -0.2) is 0 Å². The molecule has 1 atom stereocenters. The van der Waals surface area contributed by atoms with Crippen LogP contribution in [-0.4, -0.2) is 27.8 Å². The molecule has 2 N–H and O–H groups in total. The second-order valence-corrected chi connectivity index (χ2v) is 5.35. The Labute approximate surface area is 120 Å². The maximum Gasteiger partial charge on any atom is 0.282 e. The minimum Gasteiger partial charge on any atom is -0.361 e. The number of nitrogens with one attached hydrogen (secondary N) is 2. The quantitative estimate of drug-likeness (QED) is 0.877. The van der Waals surface area contributed by atoms with Gasteiger partial charge in [0.1, 0.15) is 5.76 Å². The topological polar surface area (TPSA) is 92.9 Å². The van der Waals surface area contributed by atoms with Gasteiger partial charge in [0.2, 0.25) is 10.1 Å². The first kappa shape index (κ1) is 14.4. The SMILES string of the molecule is CCNc1nnc(C(=O)NC(C)c2c(C)noc2C)s1. The van der Waals surface area contributed by atoms with Crippen LogP contribution in [0.15, 0.2) is 4.52 Å². The molecule has 8 heteroatoms. The summed E-state index contributed by atoms with van der Waals surface area (Å²) in [5.41, 5.74) is 1.68. The fraction of sp³-hybridized carbons (Fsp3) is 0.500. The predicted octanol–water partition coefficient (Wildman–Crippen LogP) is 2.07. The molecular formula is C12H17N5O2S. The molecule has 0 bridgehead atoms. The molecule has 0 aliphatic carbocycles. The van der Waals surface area contributed by atoms with Crippen molar-refractivity contribution in [3.63, 3.8) is 0 Å². The van der Waals surface area contributed by atoms with E-state index >= 15 is 0 Å². The minimum atomic E-state index is -0.251. The van der Waals surface area contributed by atoms with E-state index < -0.39 is 0 Å². The number of carbonyl (C=O) groups excluding carboxylic acids is 1. The predicted molar refractivity (Wildman–Crippen MR) is 75.9 cm³/mol. The van der Waals surface area contributed by atoms with Gasteiger partial charge in [0, 0.05) is 12.1 Å². The molecule has 2 aromatic heterocycles. The zero-order valence-corrected chi connectivity index (χ0v) is 12.7. The molecule has 0 aliphatic rings. The van der Waals surface area contributed by atoms with Crippen molar-refractivity contribution < 1.29 is 9.32 Å². The van der Waals surface area contributed by atoms with Gasteiger partial charge in [0.25, 0.3) is 5.91 Å². The standard InChI is InChI=1S/C12H17N5O2S/c1-5-13-12-16-15-11(20-12)10(18)14-6(2)9-7(3)17-19-8(9)4/h6H,5H2,1-4H3,(H,13,16)(H,14,18). The van der Waals surface area contributed by atoms with Crippen LogP contribution in [0.4, 0.5) is 5.13 Å². The Bertz CT molecular complexity index is 587. The molecule has 0 saturated heterocycles. The fourth-order valence-electron chi connectivity index (χ4n) is 1.98. The zero-order valence-electron chi connectivity index (χ0n) is 11.9. The van der Waals surface area contributed by atoms with Crippen LogP contribution in [0.25, 0.3) is 0 Å². The first-order valence-corrected chi connectivity index (χ1v) is 7.15. The summed E-state index contributed by atoms with van der Waals surface area (Å²) in [6, 6.07) is -0.194. The number of amides is 1. The number of carbonyl (C=O) groups is 1. The Morgan fingerprint density at radius 3 is 2.75 bits per heavy atom. The van der Waals surface area contributed by atoms with E-state index in [0.717, 1.165) is 17.8 Å². The second kappa shape index (κ2) is 6.00. The summed E-state index contributed by atoms with van der Waals surface area (Å²) < 4.78 is 5.10. The molecule has 1 amide bonds. The highest BCUT2D eigenvalue weighted by Gasteiger charge is 2.20. The van der Waals surface area contributed by atoms with E-state index in [1.807, 2.05) is 27.7 Å². The highest BCUT2D eigenvalue weighted by Crippen LogP contribution is 2.22. The number of hydrogen-bond donors (Lipinski definition) is 2. The molecule has 0 aliphatic heterocycles. The van der Waals surface area contributed by atoms with Crippen molar-refractivity contribution in [2.75, 3.05) is 11.9 Å². The van der Waals surface area contributed by atoms with Gasteiger partial charge in [-0.3, -0.25) is 4.79 Å². The summed E-state index contributed by atoms with van der Waals surface area (Å²) in [5, 5.41) is 18.5. The van der Waals surface area contributed by atoms with Crippen LogP contribution in [0.3, 0.4) is 0 Å². The third-order valence-electron chi connectivity index (χ3n) is 2.82. The minimum absolute atomic E-state index is 0.194. The Balaban J connectivity index is 2.07. The Hall–Kier alpha value is -1.96. The molecule has 2 heterocycles. The van der Waals surface area contributed by atoms with E-state index in [0.29, 0.717) is 15.9 Å². The highest BCUT2D eigenvalue weighted by molar-refractivity contribution is 7.17. The molecule has 108 valence electrons. The van der Waals surface area contributed by atoms with E-state index in [1.54, 1.807) is 0 Å². The first-order chi connectivity index (χ1) is 9.52. The molecule has 0 saturated carbocycles. The molecule has 20 heavy (non-hydrogen) atoms. The van der Waals surface area contributed by atoms with Gasteiger partial charge >= 0.3 is 0 Å². The molecule has 1 unspecified atom stereocenters. The van der Waals surface area contributed by atoms with Crippen molar-refractivity contribution in [1.82, 2.24) is 20.7 Å². The van der Waals surface area contributed by atoms with Gasteiger partial charge in [-0.15, -0.1) is 10.2 Å². The van der Waals surface area contributed by atoms with Crippen LogP contribution in [0.1, 0.15) is 46.7 Å². The average Bonchev–Trinajstić information content (AvgIpc) is 2.97. The fourth-order valence-corrected chi connectivity index (χ4v) is 2.69. The second-order valence-electron chi connectivity index (χ2n) is 4.38. The van der Waals surface area contributed by atoms with Crippen molar-refractivity contribution in [2.24, 2.45) is 0 Å². The van der Waals surface area contributed by atoms with Gasteiger partial charge in [-0.2, -0.15) is 0 Å². The molecule has 0 spiro atoms. The van der Waals surface area contributed by atoms with Gasteiger partial charge in [-0.1, -0.05) is 16.5 Å². The van der Waals surface area contributed by atoms with Gasteiger partial charge in [0.05, 0.1) is 11.7 Å². The molecule has 0 aromatic carbocycles. The number of rotatable bonds is 5. The molecule has 0 radical (unpaired) electrons. The number of nitrogens with zero attached hydrogens (tertiary/aromatic N) is 3. The van der Waals surface area contributed by atoms with Crippen LogP contribution < -0.4 is 10.6 Å². The molecule has 0 fully saturated rings. The Kier molecular flexibility index (Phi) is 4.33. The van der Waals surface area contributed by atoms with Crippen molar-refractivity contribution >= 4 is 22.4 Å². The smallest absolute Gasteiger partial charge is 0.282 e. The summed E-state index contributed by atoms with van der Waals surface area (Å²) in [5.74, 6) is 0.458. The number of hydrogen-bond acceptors (Lipinski definition) is 7. The van der Waals surface area contributed by atoms with E-state index in [2.05, 4.69) is 26.0 Å². The molecule has 2 rings (SSSR count). The lowest BCUT2D eigenvalue weighted by Crippen LogP contribution is -2.27. The van der Waals surface area contributed by atoms with Crippen molar-refractivity contribution in [3.05, 3.63) is 22.0 Å². The zero-order chi connectivity index (χ0) is 14.7. The lowest BCUT2D eigenvalue weighted by atomic mass is 10.1. The first-order valence-electron chi connectivity index (χ1n) is 6.34. The van der Waals surface area contributed by atoms with Crippen molar-refractivity contribution in [1.29, 1.82) is 0 Å². The summed E-state index contributed by atoms with van der Waals surface area (Å²) in [6.07, 6.45) is 0. The summed E-state index contributed by atoms with van der Waals surface area (Å²) >= 11 is 1.23. The van der Waals surface area contributed by atoms with Gasteiger partial charge in [0.15, 0.2) is 0 Å². The molecule has 2 aromatic rings. The van der Waals surface area contributed by atoms with E-state index in [9.17, 15) is 4.79 Å². The largest absolute Gasteiger partial charge is 0.361 e. The van der Waals surface area contributed by atoms with Gasteiger partial charge < -0.3 is 15.2 Å². The lowest BCUT2D eigenvalue weighted by Gasteiger charge is -2.12. The molecule has 7 nitrogen and oxygen atoms in total. The van der Waals surface area contributed by atoms with E-state index in [1.165, 1.54) is 11.3 Å². The van der Waals surface area contributed by atoms with Crippen LogP contribution in [0, 0.1) is 13.8 Å². The van der Waals surface area contributed by atoms with Crippen molar-refractivity contribution in [2.45, 2.75) is 33.7 Å². The average molecular weight is 295 g/mol. The normalized spacial score (nSPS) is 12.2. The van der Waals surface area contributed by atoms with Crippen LogP contribution in [-0.2, 0) is 0 Å². The third-order valence-corrected chi connectivity index (χ3v) is 3.70. The van der Waals surface area contributed by atoms with Gasteiger partial charge in [-0.05, 0) is 27.7 Å². The maximum absolute atomic E-state index is 12.1. The highest BCUT2D eigenvalue weighted by atomic mass is 32.1. The number of anilines is 1. The summed E-state index contributed by atoms with van der Waals surface area (Å²) in [4.78, 5) is 12.1. The summed E-state index contributed by atoms with van der Waals surface area (Å²) in [6.45, 7) is 8.26. The van der Waals surface area contributed by atoms with Crippen LogP contribution >= 0.6 is 11.3 Å². The maximum atomic E-state index is 12.1. The third kappa shape index (κ3) is 2.96. The van der Waals surface area contributed by atoms with Crippen LogP contribution in [0.2, 0.25) is 0 Å². The summed E-state index contributed by atoms with van der Waals surface area (Å²) in [7, 11) is 0. The number of aromatic nitrogens is 3. The molecular weight excluding hydrogens is 278 g/mol. The van der Waals surface area contributed by atoms with Crippen LogP contribution in [0.5, 0.6) is 0 Å². The van der Waals surface area contributed by atoms with E-state index in [-0.39, 0.29) is 11.9 Å². The monoisotopic (exact) mass is 295 g/mol. The Morgan fingerprint density at radius 1 is 1.40 bits per heavy atom. The van der Waals surface area contributed by atoms with Crippen molar-refractivity contribution in [3.8, 4) is 0 Å².